The Balaban J connectivity index is 2.68. The molecule has 0 heterocycles. The number of benzene rings is 1. The topological polar surface area (TPSA) is 21.3 Å². The van der Waals surface area contributed by atoms with Crippen LogP contribution < -0.4 is 10.1 Å². The Labute approximate surface area is 124 Å². The van der Waals surface area contributed by atoms with Crippen molar-refractivity contribution in [2.45, 2.75) is 45.7 Å². The molecule has 1 aromatic carbocycles. The standard InChI is InChI=1S/C16H24F3NO/c1-11(2)13-6-5-7-14(12(3)4)15(13)21-9-8-20-10-16(17,18)19/h5-7,11-12,20H,8-10H2,1-4H3. The molecular weight excluding hydrogens is 279 g/mol. The van der Waals surface area contributed by atoms with Crippen LogP contribution in [0.3, 0.4) is 0 Å². The number of para-hydroxylation sites is 1. The minimum absolute atomic E-state index is 0.170. The predicted molar refractivity (Wildman–Crippen MR) is 79.0 cm³/mol. The highest BCUT2D eigenvalue weighted by Gasteiger charge is 2.26. The fourth-order valence-electron chi connectivity index (χ4n) is 2.10. The molecule has 0 bridgehead atoms. The second-order valence-electron chi connectivity index (χ2n) is 5.72. The van der Waals surface area contributed by atoms with Gasteiger partial charge in [-0.2, -0.15) is 13.2 Å². The minimum atomic E-state index is -4.18. The lowest BCUT2D eigenvalue weighted by Gasteiger charge is -2.20. The van der Waals surface area contributed by atoms with Gasteiger partial charge < -0.3 is 10.1 Å². The van der Waals surface area contributed by atoms with Crippen LogP contribution in [0.1, 0.15) is 50.7 Å². The molecule has 0 saturated carbocycles. The summed E-state index contributed by atoms with van der Waals surface area (Å²) in [7, 11) is 0. The van der Waals surface area contributed by atoms with Crippen LogP contribution in [-0.4, -0.2) is 25.9 Å². The van der Waals surface area contributed by atoms with Crippen LogP contribution in [0.2, 0.25) is 0 Å². The van der Waals surface area contributed by atoms with Crippen LogP contribution in [-0.2, 0) is 0 Å². The van der Waals surface area contributed by atoms with Gasteiger partial charge in [-0.1, -0.05) is 45.9 Å². The summed E-state index contributed by atoms with van der Waals surface area (Å²) in [6.07, 6.45) is -4.18. The molecular formula is C16H24F3NO. The first-order chi connectivity index (χ1) is 9.72. The van der Waals surface area contributed by atoms with Crippen LogP contribution >= 0.6 is 0 Å². The molecule has 120 valence electrons. The summed E-state index contributed by atoms with van der Waals surface area (Å²) in [5.74, 6) is 1.43. The molecule has 0 aliphatic heterocycles. The van der Waals surface area contributed by atoms with E-state index in [-0.39, 0.29) is 13.2 Å². The van der Waals surface area contributed by atoms with E-state index in [0.29, 0.717) is 11.8 Å². The summed E-state index contributed by atoms with van der Waals surface area (Å²) in [6, 6.07) is 6.02. The van der Waals surface area contributed by atoms with Gasteiger partial charge in [0.05, 0.1) is 6.54 Å². The zero-order chi connectivity index (χ0) is 16.0. The molecule has 21 heavy (non-hydrogen) atoms. The number of hydrogen-bond acceptors (Lipinski definition) is 2. The van der Waals surface area contributed by atoms with E-state index in [0.717, 1.165) is 16.9 Å². The summed E-state index contributed by atoms with van der Waals surface area (Å²) in [5, 5.41) is 2.34. The third-order valence-corrected chi connectivity index (χ3v) is 3.17. The van der Waals surface area contributed by atoms with E-state index in [9.17, 15) is 13.2 Å². The third-order valence-electron chi connectivity index (χ3n) is 3.17. The Bertz CT molecular complexity index is 415. The molecule has 0 amide bonds. The molecule has 1 aromatic rings. The van der Waals surface area contributed by atoms with Crippen molar-refractivity contribution >= 4 is 0 Å². The smallest absolute Gasteiger partial charge is 0.401 e. The quantitative estimate of drug-likeness (QED) is 0.751. The molecule has 0 aromatic heterocycles. The van der Waals surface area contributed by atoms with Gasteiger partial charge in [-0.05, 0) is 23.0 Å². The van der Waals surface area contributed by atoms with Crippen molar-refractivity contribution in [2.24, 2.45) is 0 Å². The van der Waals surface area contributed by atoms with Gasteiger partial charge in [0.15, 0.2) is 0 Å². The summed E-state index contributed by atoms with van der Waals surface area (Å²) >= 11 is 0. The van der Waals surface area contributed by atoms with Gasteiger partial charge >= 0.3 is 6.18 Å². The molecule has 0 unspecified atom stereocenters. The first-order valence-corrected chi connectivity index (χ1v) is 7.25. The van der Waals surface area contributed by atoms with Crippen LogP contribution in [0, 0.1) is 0 Å². The van der Waals surface area contributed by atoms with E-state index < -0.39 is 12.7 Å². The van der Waals surface area contributed by atoms with Crippen molar-refractivity contribution in [1.82, 2.24) is 5.32 Å². The number of halogens is 3. The molecule has 0 radical (unpaired) electrons. The average Bonchev–Trinajstić information content (AvgIpc) is 2.36. The van der Waals surface area contributed by atoms with E-state index >= 15 is 0 Å². The number of ether oxygens (including phenoxy) is 1. The van der Waals surface area contributed by atoms with Gasteiger partial charge in [0.1, 0.15) is 12.4 Å². The van der Waals surface area contributed by atoms with Gasteiger partial charge in [-0.25, -0.2) is 0 Å². The maximum absolute atomic E-state index is 12.0. The van der Waals surface area contributed by atoms with Crippen molar-refractivity contribution in [1.29, 1.82) is 0 Å². The van der Waals surface area contributed by atoms with Gasteiger partial charge in [0, 0.05) is 6.54 Å². The van der Waals surface area contributed by atoms with Crippen LogP contribution in [0.4, 0.5) is 13.2 Å². The maximum atomic E-state index is 12.0. The number of alkyl halides is 3. The summed E-state index contributed by atoms with van der Waals surface area (Å²) < 4.78 is 41.9. The Hall–Kier alpha value is -1.23. The second kappa shape index (κ2) is 7.69. The lowest BCUT2D eigenvalue weighted by atomic mass is 9.94. The molecule has 0 fully saturated rings. The Morgan fingerprint density at radius 2 is 1.57 bits per heavy atom. The zero-order valence-corrected chi connectivity index (χ0v) is 13.1. The number of rotatable bonds is 7. The molecule has 0 spiro atoms. The van der Waals surface area contributed by atoms with Crippen LogP contribution in [0.15, 0.2) is 18.2 Å². The lowest BCUT2D eigenvalue weighted by molar-refractivity contribution is -0.124. The van der Waals surface area contributed by atoms with Crippen molar-refractivity contribution in [3.63, 3.8) is 0 Å². The molecule has 0 aliphatic carbocycles. The van der Waals surface area contributed by atoms with Gasteiger partial charge in [-0.15, -0.1) is 0 Å². The predicted octanol–water partition coefficient (Wildman–Crippen LogP) is 4.46. The van der Waals surface area contributed by atoms with Crippen molar-refractivity contribution in [2.75, 3.05) is 19.7 Å². The fourth-order valence-corrected chi connectivity index (χ4v) is 2.10. The monoisotopic (exact) mass is 303 g/mol. The van der Waals surface area contributed by atoms with Crippen LogP contribution in [0.5, 0.6) is 5.75 Å². The zero-order valence-electron chi connectivity index (χ0n) is 13.1. The van der Waals surface area contributed by atoms with Crippen molar-refractivity contribution < 1.29 is 17.9 Å². The lowest BCUT2D eigenvalue weighted by Crippen LogP contribution is -2.31. The molecule has 0 aliphatic rings. The van der Waals surface area contributed by atoms with Crippen LogP contribution in [0.25, 0.3) is 0 Å². The van der Waals surface area contributed by atoms with E-state index in [2.05, 4.69) is 33.0 Å². The summed E-state index contributed by atoms with van der Waals surface area (Å²) in [6.45, 7) is 7.72. The highest BCUT2D eigenvalue weighted by Crippen LogP contribution is 2.34. The van der Waals surface area contributed by atoms with E-state index in [1.165, 1.54) is 0 Å². The Kier molecular flexibility index (Phi) is 6.52. The second-order valence-corrected chi connectivity index (χ2v) is 5.72. The molecule has 0 atom stereocenters. The Morgan fingerprint density at radius 3 is 2.00 bits per heavy atom. The summed E-state index contributed by atoms with van der Waals surface area (Å²) in [5.41, 5.74) is 2.19. The average molecular weight is 303 g/mol. The SMILES string of the molecule is CC(C)c1cccc(C(C)C)c1OCCNCC(F)(F)F. The van der Waals surface area contributed by atoms with Gasteiger partial charge in [-0.3, -0.25) is 0 Å². The van der Waals surface area contributed by atoms with E-state index in [1.54, 1.807) is 0 Å². The third kappa shape index (κ3) is 5.96. The van der Waals surface area contributed by atoms with Crippen molar-refractivity contribution in [3.8, 4) is 5.75 Å². The van der Waals surface area contributed by atoms with Gasteiger partial charge in [0.2, 0.25) is 0 Å². The number of hydrogen-bond donors (Lipinski definition) is 1. The molecule has 1 rings (SSSR count). The minimum Gasteiger partial charge on any atom is -0.492 e. The fraction of sp³-hybridized carbons (Fsp3) is 0.625. The van der Waals surface area contributed by atoms with Crippen molar-refractivity contribution in [3.05, 3.63) is 29.3 Å². The van der Waals surface area contributed by atoms with E-state index in [4.69, 9.17) is 4.74 Å². The first kappa shape index (κ1) is 17.8. The number of nitrogens with one attached hydrogen (secondary N) is 1. The molecule has 5 heteroatoms. The maximum Gasteiger partial charge on any atom is 0.401 e. The largest absolute Gasteiger partial charge is 0.492 e. The first-order valence-electron chi connectivity index (χ1n) is 7.25. The Morgan fingerprint density at radius 1 is 1.05 bits per heavy atom. The molecule has 0 saturated heterocycles. The molecule has 2 nitrogen and oxygen atoms in total. The van der Waals surface area contributed by atoms with Gasteiger partial charge in [0.25, 0.3) is 0 Å². The normalized spacial score (nSPS) is 12.2. The molecule has 1 N–H and O–H groups in total. The van der Waals surface area contributed by atoms with E-state index in [1.807, 2.05) is 18.2 Å². The highest BCUT2D eigenvalue weighted by atomic mass is 19.4. The summed E-state index contributed by atoms with van der Waals surface area (Å²) in [4.78, 5) is 0. The highest BCUT2D eigenvalue weighted by molar-refractivity contribution is 5.44.